The molecule has 1 aromatic carbocycles. The van der Waals surface area contributed by atoms with E-state index in [1.165, 1.54) is 0 Å². The van der Waals surface area contributed by atoms with E-state index in [1.807, 2.05) is 29.6 Å². The number of aliphatic hydroxyl groups excluding tert-OH is 1. The molecule has 2 rings (SSSR count). The second-order valence-electron chi connectivity index (χ2n) is 5.53. The first kappa shape index (κ1) is 16.5. The Labute approximate surface area is 134 Å². The molecule has 0 aliphatic heterocycles. The molecule has 0 aliphatic rings. The lowest BCUT2D eigenvalue weighted by Crippen LogP contribution is -2.40. The quantitative estimate of drug-likeness (QED) is 0.764. The summed E-state index contributed by atoms with van der Waals surface area (Å²) in [5.41, 5.74) is 1.67. The topological polar surface area (TPSA) is 74.2 Å². The largest absolute Gasteiger partial charge is 0.394 e. The summed E-state index contributed by atoms with van der Waals surface area (Å²) in [5.74, 6) is 0.408. The Kier molecular flexibility index (Phi) is 5.91. The SMILES string of the molecule is CC(C)CC(CO)NC(=O)Nc1cccc(-c2nccs2)c1. The van der Waals surface area contributed by atoms with Crippen molar-refractivity contribution in [1.82, 2.24) is 10.3 Å². The van der Waals surface area contributed by atoms with Gasteiger partial charge in [-0.15, -0.1) is 11.3 Å². The van der Waals surface area contributed by atoms with Gasteiger partial charge in [0.2, 0.25) is 0 Å². The highest BCUT2D eigenvalue weighted by Gasteiger charge is 2.13. The van der Waals surface area contributed by atoms with Gasteiger partial charge in [-0.1, -0.05) is 26.0 Å². The van der Waals surface area contributed by atoms with Crippen LogP contribution in [0.5, 0.6) is 0 Å². The van der Waals surface area contributed by atoms with Crippen LogP contribution < -0.4 is 10.6 Å². The first-order valence-electron chi connectivity index (χ1n) is 7.26. The fourth-order valence-corrected chi connectivity index (χ4v) is 2.83. The predicted octanol–water partition coefficient (Wildman–Crippen LogP) is 3.34. The molecule has 2 aromatic rings. The van der Waals surface area contributed by atoms with Crippen LogP contribution in [0.15, 0.2) is 35.8 Å². The smallest absolute Gasteiger partial charge is 0.319 e. The molecule has 1 atom stereocenters. The van der Waals surface area contributed by atoms with Crippen LogP contribution >= 0.6 is 11.3 Å². The Hall–Kier alpha value is -1.92. The normalized spacial score (nSPS) is 12.2. The molecule has 22 heavy (non-hydrogen) atoms. The number of carbonyl (C=O) groups is 1. The van der Waals surface area contributed by atoms with Crippen molar-refractivity contribution >= 4 is 23.1 Å². The standard InChI is InChI=1S/C16H21N3O2S/c1-11(2)8-14(10-20)19-16(21)18-13-5-3-4-12(9-13)15-17-6-7-22-15/h3-7,9,11,14,20H,8,10H2,1-2H3,(H2,18,19,21). The molecular formula is C16H21N3O2S. The van der Waals surface area contributed by atoms with Gasteiger partial charge in [-0.2, -0.15) is 0 Å². The van der Waals surface area contributed by atoms with Crippen LogP contribution in [-0.2, 0) is 0 Å². The highest BCUT2D eigenvalue weighted by atomic mass is 32.1. The maximum atomic E-state index is 12.0. The Balaban J connectivity index is 1.98. The molecule has 0 saturated heterocycles. The van der Waals surface area contributed by atoms with Gasteiger partial charge in [0, 0.05) is 22.8 Å². The first-order chi connectivity index (χ1) is 10.6. The Morgan fingerprint density at radius 3 is 2.86 bits per heavy atom. The van der Waals surface area contributed by atoms with Crippen molar-refractivity contribution in [2.24, 2.45) is 5.92 Å². The van der Waals surface area contributed by atoms with Crippen molar-refractivity contribution in [1.29, 1.82) is 0 Å². The molecule has 0 bridgehead atoms. The average Bonchev–Trinajstić information content (AvgIpc) is 3.00. The fourth-order valence-electron chi connectivity index (χ4n) is 2.20. The molecule has 3 N–H and O–H groups in total. The molecule has 0 aliphatic carbocycles. The van der Waals surface area contributed by atoms with E-state index in [0.29, 0.717) is 11.6 Å². The minimum atomic E-state index is -0.309. The third kappa shape index (κ3) is 4.82. The second kappa shape index (κ2) is 7.91. The molecule has 5 nitrogen and oxygen atoms in total. The zero-order valence-electron chi connectivity index (χ0n) is 12.7. The van der Waals surface area contributed by atoms with Crippen molar-refractivity contribution in [2.75, 3.05) is 11.9 Å². The minimum absolute atomic E-state index is 0.0647. The van der Waals surface area contributed by atoms with Gasteiger partial charge in [0.15, 0.2) is 0 Å². The highest BCUT2D eigenvalue weighted by molar-refractivity contribution is 7.13. The van der Waals surface area contributed by atoms with E-state index in [2.05, 4.69) is 29.5 Å². The number of hydrogen-bond acceptors (Lipinski definition) is 4. The van der Waals surface area contributed by atoms with E-state index in [4.69, 9.17) is 0 Å². The van der Waals surface area contributed by atoms with E-state index in [1.54, 1.807) is 17.5 Å². The maximum absolute atomic E-state index is 12.0. The minimum Gasteiger partial charge on any atom is -0.394 e. The number of rotatable bonds is 6. The van der Waals surface area contributed by atoms with Gasteiger partial charge in [-0.05, 0) is 24.5 Å². The third-order valence-electron chi connectivity index (χ3n) is 3.11. The summed E-state index contributed by atoms with van der Waals surface area (Å²) in [6.07, 6.45) is 2.49. The van der Waals surface area contributed by atoms with Crippen molar-refractivity contribution in [2.45, 2.75) is 26.3 Å². The first-order valence-corrected chi connectivity index (χ1v) is 8.14. The van der Waals surface area contributed by atoms with E-state index in [9.17, 15) is 9.90 Å². The molecule has 6 heteroatoms. The second-order valence-corrected chi connectivity index (χ2v) is 6.42. The number of thiazole rings is 1. The lowest BCUT2D eigenvalue weighted by atomic mass is 10.0. The van der Waals surface area contributed by atoms with Gasteiger partial charge in [-0.25, -0.2) is 9.78 Å². The molecule has 0 saturated carbocycles. The van der Waals surface area contributed by atoms with Crippen molar-refractivity contribution in [3.63, 3.8) is 0 Å². The number of hydrogen-bond donors (Lipinski definition) is 3. The third-order valence-corrected chi connectivity index (χ3v) is 3.93. The zero-order chi connectivity index (χ0) is 15.9. The number of benzene rings is 1. The Morgan fingerprint density at radius 2 is 2.23 bits per heavy atom. The molecule has 1 heterocycles. The Bertz CT molecular complexity index is 599. The summed E-state index contributed by atoms with van der Waals surface area (Å²) in [4.78, 5) is 16.3. The van der Waals surface area contributed by atoms with Crippen LogP contribution in [0.3, 0.4) is 0 Å². The summed E-state index contributed by atoms with van der Waals surface area (Å²) in [6.45, 7) is 4.05. The van der Waals surface area contributed by atoms with Crippen LogP contribution in [-0.4, -0.2) is 28.8 Å². The van der Waals surface area contributed by atoms with E-state index < -0.39 is 0 Å². The van der Waals surface area contributed by atoms with Gasteiger partial charge >= 0.3 is 6.03 Å². The van der Waals surface area contributed by atoms with E-state index in [-0.39, 0.29) is 18.7 Å². The zero-order valence-corrected chi connectivity index (χ0v) is 13.6. The number of amides is 2. The number of nitrogens with zero attached hydrogens (tertiary/aromatic N) is 1. The number of nitrogens with one attached hydrogen (secondary N) is 2. The Morgan fingerprint density at radius 1 is 1.41 bits per heavy atom. The van der Waals surface area contributed by atoms with Gasteiger partial charge in [0.1, 0.15) is 5.01 Å². The van der Waals surface area contributed by atoms with Gasteiger partial charge in [0.05, 0.1) is 12.6 Å². The lowest BCUT2D eigenvalue weighted by molar-refractivity contribution is 0.214. The summed E-state index contributed by atoms with van der Waals surface area (Å²) in [6, 6.07) is 7.00. The lowest BCUT2D eigenvalue weighted by Gasteiger charge is -2.18. The van der Waals surface area contributed by atoms with Crippen LogP contribution in [0.1, 0.15) is 20.3 Å². The monoisotopic (exact) mass is 319 g/mol. The molecule has 0 radical (unpaired) electrons. The van der Waals surface area contributed by atoms with Crippen molar-refractivity contribution in [3.05, 3.63) is 35.8 Å². The number of urea groups is 1. The molecule has 0 fully saturated rings. The van der Waals surface area contributed by atoms with Crippen LogP contribution in [0.4, 0.5) is 10.5 Å². The van der Waals surface area contributed by atoms with Gasteiger partial charge in [-0.3, -0.25) is 0 Å². The number of anilines is 1. The average molecular weight is 319 g/mol. The molecular weight excluding hydrogens is 298 g/mol. The van der Waals surface area contributed by atoms with Crippen LogP contribution in [0, 0.1) is 5.92 Å². The maximum Gasteiger partial charge on any atom is 0.319 e. The number of aliphatic hydroxyl groups is 1. The van der Waals surface area contributed by atoms with Gasteiger partial charge in [0.25, 0.3) is 0 Å². The summed E-state index contributed by atoms with van der Waals surface area (Å²) >= 11 is 1.55. The van der Waals surface area contributed by atoms with Gasteiger partial charge < -0.3 is 15.7 Å². The van der Waals surface area contributed by atoms with Crippen molar-refractivity contribution in [3.8, 4) is 10.6 Å². The molecule has 1 unspecified atom stereocenters. The number of carbonyl (C=O) groups excluding carboxylic acids is 1. The molecule has 118 valence electrons. The molecule has 0 spiro atoms. The predicted molar refractivity (Wildman–Crippen MR) is 90.0 cm³/mol. The van der Waals surface area contributed by atoms with Crippen molar-refractivity contribution < 1.29 is 9.90 Å². The fraction of sp³-hybridized carbons (Fsp3) is 0.375. The van der Waals surface area contributed by atoms with E-state index in [0.717, 1.165) is 17.0 Å². The van der Waals surface area contributed by atoms with Crippen LogP contribution in [0.25, 0.3) is 10.6 Å². The summed E-state index contributed by atoms with van der Waals surface area (Å²) in [7, 11) is 0. The number of aromatic nitrogens is 1. The summed E-state index contributed by atoms with van der Waals surface area (Å²) < 4.78 is 0. The van der Waals surface area contributed by atoms with E-state index >= 15 is 0 Å². The summed E-state index contributed by atoms with van der Waals surface area (Å²) in [5, 5.41) is 17.7. The molecule has 2 amide bonds. The highest BCUT2D eigenvalue weighted by Crippen LogP contribution is 2.24. The van der Waals surface area contributed by atoms with Crippen LogP contribution in [0.2, 0.25) is 0 Å². The molecule has 1 aromatic heterocycles.